The normalized spacial score (nSPS) is 12.6. The zero-order chi connectivity index (χ0) is 17.9. The Balaban J connectivity index is 1.55. The van der Waals surface area contributed by atoms with Gasteiger partial charge in [0.2, 0.25) is 6.79 Å². The van der Waals surface area contributed by atoms with Crippen LogP contribution in [0.3, 0.4) is 0 Å². The summed E-state index contributed by atoms with van der Waals surface area (Å²) in [5.74, 6) is 0.997. The molecule has 9 heteroatoms. The van der Waals surface area contributed by atoms with Crippen molar-refractivity contribution in [1.29, 1.82) is 0 Å². The highest BCUT2D eigenvalue weighted by Crippen LogP contribution is 2.34. The average Bonchev–Trinajstić information content (AvgIpc) is 2.99. The van der Waals surface area contributed by atoms with E-state index in [9.17, 15) is 13.2 Å². The predicted molar refractivity (Wildman–Crippen MR) is 88.8 cm³/mol. The molecule has 0 aliphatic carbocycles. The maximum absolute atomic E-state index is 12.2. The SMILES string of the molecule is FC(F)(F)Oc1cccc(CNC(=S)Nc2ccc3c(c2)OCO3)c1. The van der Waals surface area contributed by atoms with E-state index in [0.29, 0.717) is 27.9 Å². The molecule has 2 aromatic carbocycles. The number of hydrogen-bond acceptors (Lipinski definition) is 4. The molecule has 1 aliphatic heterocycles. The molecule has 0 saturated carbocycles. The zero-order valence-electron chi connectivity index (χ0n) is 12.7. The third-order valence-electron chi connectivity index (χ3n) is 3.22. The van der Waals surface area contributed by atoms with Crippen molar-refractivity contribution in [1.82, 2.24) is 5.32 Å². The van der Waals surface area contributed by atoms with E-state index in [2.05, 4.69) is 15.4 Å². The van der Waals surface area contributed by atoms with Crippen molar-refractivity contribution in [3.8, 4) is 17.2 Å². The van der Waals surface area contributed by atoms with E-state index in [4.69, 9.17) is 21.7 Å². The van der Waals surface area contributed by atoms with Crippen LogP contribution in [-0.2, 0) is 6.54 Å². The molecule has 0 unspecified atom stereocenters. The summed E-state index contributed by atoms with van der Waals surface area (Å²) >= 11 is 5.18. The van der Waals surface area contributed by atoms with Crippen LogP contribution in [0.5, 0.6) is 17.2 Å². The van der Waals surface area contributed by atoms with Crippen LogP contribution in [-0.4, -0.2) is 18.3 Å². The molecular weight excluding hydrogens is 357 g/mol. The molecule has 0 radical (unpaired) electrons. The van der Waals surface area contributed by atoms with Crippen LogP contribution in [0.4, 0.5) is 18.9 Å². The van der Waals surface area contributed by atoms with Gasteiger partial charge in [-0.2, -0.15) is 0 Å². The lowest BCUT2D eigenvalue weighted by Gasteiger charge is -2.12. The van der Waals surface area contributed by atoms with Gasteiger partial charge in [-0.1, -0.05) is 12.1 Å². The number of halogens is 3. The van der Waals surface area contributed by atoms with Gasteiger partial charge in [0.05, 0.1) is 0 Å². The monoisotopic (exact) mass is 370 g/mol. The molecule has 3 rings (SSSR count). The smallest absolute Gasteiger partial charge is 0.454 e. The average molecular weight is 370 g/mol. The summed E-state index contributed by atoms with van der Waals surface area (Å²) in [5, 5.41) is 6.21. The number of anilines is 1. The Hall–Kier alpha value is -2.68. The first-order chi connectivity index (χ1) is 11.9. The largest absolute Gasteiger partial charge is 0.573 e. The fourth-order valence-electron chi connectivity index (χ4n) is 2.18. The second kappa shape index (κ2) is 7.06. The van der Waals surface area contributed by atoms with E-state index in [1.165, 1.54) is 18.2 Å². The Morgan fingerprint density at radius 3 is 2.72 bits per heavy atom. The van der Waals surface area contributed by atoms with Gasteiger partial charge in [0.15, 0.2) is 16.6 Å². The third-order valence-corrected chi connectivity index (χ3v) is 3.46. The van der Waals surface area contributed by atoms with Crippen molar-refractivity contribution in [2.24, 2.45) is 0 Å². The van der Waals surface area contributed by atoms with Crippen molar-refractivity contribution < 1.29 is 27.4 Å². The van der Waals surface area contributed by atoms with E-state index in [1.807, 2.05) is 0 Å². The molecule has 2 N–H and O–H groups in total. The van der Waals surface area contributed by atoms with Crippen LogP contribution in [0.1, 0.15) is 5.56 Å². The quantitative estimate of drug-likeness (QED) is 0.799. The van der Waals surface area contributed by atoms with E-state index in [1.54, 1.807) is 24.3 Å². The molecule has 2 aromatic rings. The van der Waals surface area contributed by atoms with Gasteiger partial charge in [-0.25, -0.2) is 0 Å². The molecule has 0 saturated heterocycles. The highest BCUT2D eigenvalue weighted by Gasteiger charge is 2.31. The van der Waals surface area contributed by atoms with Crippen LogP contribution in [0.25, 0.3) is 0 Å². The Morgan fingerprint density at radius 2 is 1.92 bits per heavy atom. The van der Waals surface area contributed by atoms with Gasteiger partial charge in [0.25, 0.3) is 0 Å². The minimum Gasteiger partial charge on any atom is -0.454 e. The topological polar surface area (TPSA) is 51.8 Å². The number of benzene rings is 2. The molecule has 5 nitrogen and oxygen atoms in total. The third kappa shape index (κ3) is 4.90. The zero-order valence-corrected chi connectivity index (χ0v) is 13.5. The van der Waals surface area contributed by atoms with E-state index in [0.717, 1.165) is 0 Å². The van der Waals surface area contributed by atoms with Gasteiger partial charge in [0, 0.05) is 18.3 Å². The number of alkyl halides is 3. The van der Waals surface area contributed by atoms with Gasteiger partial charge in [-0.05, 0) is 42.0 Å². The Kier molecular flexibility index (Phi) is 4.84. The van der Waals surface area contributed by atoms with Crippen molar-refractivity contribution in [3.05, 3.63) is 48.0 Å². The first kappa shape index (κ1) is 17.2. The molecule has 25 heavy (non-hydrogen) atoms. The van der Waals surface area contributed by atoms with Crippen molar-refractivity contribution >= 4 is 23.0 Å². The standard InChI is InChI=1S/C16H13F3N2O3S/c17-16(18,19)24-12-3-1-2-10(6-12)8-20-15(25)21-11-4-5-13-14(7-11)23-9-22-13/h1-7H,8-9H2,(H2,20,21,25). The lowest BCUT2D eigenvalue weighted by molar-refractivity contribution is -0.274. The molecular formula is C16H13F3N2O3S. The number of hydrogen-bond donors (Lipinski definition) is 2. The maximum atomic E-state index is 12.2. The summed E-state index contributed by atoms with van der Waals surface area (Å²) in [7, 11) is 0. The minimum atomic E-state index is -4.72. The lowest BCUT2D eigenvalue weighted by atomic mass is 10.2. The summed E-state index contributed by atoms with van der Waals surface area (Å²) in [4.78, 5) is 0. The highest BCUT2D eigenvalue weighted by atomic mass is 32.1. The Labute approximate surface area is 146 Å². The number of nitrogens with one attached hydrogen (secondary N) is 2. The van der Waals surface area contributed by atoms with E-state index >= 15 is 0 Å². The fraction of sp³-hybridized carbons (Fsp3) is 0.188. The van der Waals surface area contributed by atoms with Crippen LogP contribution < -0.4 is 24.8 Å². The second-order valence-corrected chi connectivity index (χ2v) is 5.48. The highest BCUT2D eigenvalue weighted by molar-refractivity contribution is 7.80. The molecule has 1 heterocycles. The molecule has 0 aromatic heterocycles. The molecule has 0 atom stereocenters. The van der Waals surface area contributed by atoms with Crippen molar-refractivity contribution in [2.75, 3.05) is 12.1 Å². The number of rotatable bonds is 4. The summed E-state index contributed by atoms with van der Waals surface area (Å²) in [6.45, 7) is 0.420. The number of fused-ring (bicyclic) bond motifs is 1. The molecule has 0 spiro atoms. The van der Waals surface area contributed by atoms with Gasteiger partial charge in [-0.3, -0.25) is 0 Å². The first-order valence-corrected chi connectivity index (χ1v) is 7.59. The fourth-order valence-corrected chi connectivity index (χ4v) is 2.37. The number of thiocarbonyl (C=S) groups is 1. The van der Waals surface area contributed by atoms with E-state index in [-0.39, 0.29) is 19.1 Å². The second-order valence-electron chi connectivity index (χ2n) is 5.07. The van der Waals surface area contributed by atoms with Gasteiger partial charge < -0.3 is 24.8 Å². The lowest BCUT2D eigenvalue weighted by Crippen LogP contribution is -2.27. The number of ether oxygens (including phenoxy) is 3. The first-order valence-electron chi connectivity index (χ1n) is 7.18. The van der Waals surface area contributed by atoms with Crippen molar-refractivity contribution in [3.63, 3.8) is 0 Å². The van der Waals surface area contributed by atoms with Gasteiger partial charge in [-0.15, -0.1) is 13.2 Å². The molecule has 0 bridgehead atoms. The van der Waals surface area contributed by atoms with Gasteiger partial charge in [0.1, 0.15) is 5.75 Å². The predicted octanol–water partition coefficient (Wildman–Crippen LogP) is 3.80. The minimum absolute atomic E-state index is 0.178. The summed E-state index contributed by atoms with van der Waals surface area (Å²) < 4.78 is 51.1. The molecule has 0 fully saturated rings. The molecule has 132 valence electrons. The van der Waals surface area contributed by atoms with Crippen LogP contribution in [0.15, 0.2) is 42.5 Å². The molecule has 1 aliphatic rings. The van der Waals surface area contributed by atoms with Crippen LogP contribution in [0.2, 0.25) is 0 Å². The molecule has 0 amide bonds. The van der Waals surface area contributed by atoms with Crippen molar-refractivity contribution in [2.45, 2.75) is 12.9 Å². The summed E-state index contributed by atoms with van der Waals surface area (Å²) in [6.07, 6.45) is -4.72. The summed E-state index contributed by atoms with van der Waals surface area (Å²) in [5.41, 5.74) is 1.30. The Morgan fingerprint density at radius 1 is 1.12 bits per heavy atom. The van der Waals surface area contributed by atoms with Gasteiger partial charge >= 0.3 is 6.36 Å². The van der Waals surface area contributed by atoms with Crippen LogP contribution in [0, 0.1) is 0 Å². The van der Waals surface area contributed by atoms with Crippen LogP contribution >= 0.6 is 12.2 Å². The maximum Gasteiger partial charge on any atom is 0.573 e. The Bertz CT molecular complexity index is 783. The van der Waals surface area contributed by atoms with E-state index < -0.39 is 6.36 Å². The summed E-state index contributed by atoms with van der Waals surface area (Å²) in [6, 6.07) is 11.0.